The molecule has 0 amide bonds. The van der Waals surface area contributed by atoms with Gasteiger partial charge in [0.1, 0.15) is 0 Å². The minimum atomic E-state index is -0.00660. The number of H-pyrrole nitrogens is 1. The van der Waals surface area contributed by atoms with Gasteiger partial charge in [-0.3, -0.25) is 4.79 Å². The number of para-hydroxylation sites is 2. The van der Waals surface area contributed by atoms with Crippen molar-refractivity contribution in [2.75, 3.05) is 0 Å². The van der Waals surface area contributed by atoms with Gasteiger partial charge in [-0.25, -0.2) is 9.38 Å². The fourth-order valence-electron chi connectivity index (χ4n) is 2.87. The molecule has 23 heavy (non-hydrogen) atoms. The highest BCUT2D eigenvalue weighted by atomic mass is 79.9. The number of aromatic nitrogens is 3. The quantitative estimate of drug-likeness (QED) is 0.585. The molecule has 1 N–H and O–H groups in total. The van der Waals surface area contributed by atoms with Crippen molar-refractivity contribution in [1.82, 2.24) is 14.4 Å². The predicted molar refractivity (Wildman–Crippen MR) is 95.0 cm³/mol. The minimum Gasteiger partial charge on any atom is -0.329 e. The molecule has 0 aliphatic heterocycles. The summed E-state index contributed by atoms with van der Waals surface area (Å²) in [6, 6.07) is 15.7. The van der Waals surface area contributed by atoms with E-state index in [2.05, 4.69) is 25.9 Å². The lowest BCUT2D eigenvalue weighted by atomic mass is 10.1. The third-order valence-corrected chi connectivity index (χ3v) is 4.60. The van der Waals surface area contributed by atoms with Gasteiger partial charge in [-0.1, -0.05) is 40.2 Å². The van der Waals surface area contributed by atoms with Crippen LogP contribution in [0.1, 0.15) is 16.8 Å². The van der Waals surface area contributed by atoms with Gasteiger partial charge in [0.15, 0.2) is 0 Å². The second-order valence-corrected chi connectivity index (χ2v) is 6.51. The number of fused-ring (bicyclic) bond motifs is 3. The van der Waals surface area contributed by atoms with Gasteiger partial charge in [-0.05, 0) is 36.8 Å². The van der Waals surface area contributed by atoms with E-state index in [1.165, 1.54) is 0 Å². The Labute approximate surface area is 140 Å². The molecule has 0 bridgehead atoms. The zero-order valence-electron chi connectivity index (χ0n) is 12.5. The highest BCUT2D eigenvalue weighted by Gasteiger charge is 2.13. The van der Waals surface area contributed by atoms with E-state index in [1.807, 2.05) is 55.5 Å². The van der Waals surface area contributed by atoms with E-state index < -0.39 is 0 Å². The number of hydrogen-bond donors (Lipinski definition) is 1. The summed E-state index contributed by atoms with van der Waals surface area (Å²) in [4.78, 5) is 20.7. The van der Waals surface area contributed by atoms with E-state index in [0.29, 0.717) is 12.2 Å². The maximum Gasteiger partial charge on any atom is 0.263 e. The van der Waals surface area contributed by atoms with Gasteiger partial charge in [0, 0.05) is 22.2 Å². The Morgan fingerprint density at radius 3 is 2.65 bits per heavy atom. The van der Waals surface area contributed by atoms with Crippen LogP contribution in [0.25, 0.3) is 16.8 Å². The summed E-state index contributed by atoms with van der Waals surface area (Å²) in [5, 5.41) is 0. The average Bonchev–Trinajstić information content (AvgIpc) is 2.91. The van der Waals surface area contributed by atoms with E-state index in [1.54, 1.807) is 4.40 Å². The van der Waals surface area contributed by atoms with Crippen molar-refractivity contribution in [2.24, 2.45) is 0 Å². The van der Waals surface area contributed by atoms with E-state index in [4.69, 9.17) is 0 Å². The summed E-state index contributed by atoms with van der Waals surface area (Å²) >= 11 is 3.43. The van der Waals surface area contributed by atoms with Crippen LogP contribution in [0, 0.1) is 6.92 Å². The smallest absolute Gasteiger partial charge is 0.263 e. The lowest BCUT2D eigenvalue weighted by Gasteiger charge is -2.07. The van der Waals surface area contributed by atoms with Gasteiger partial charge in [-0.2, -0.15) is 0 Å². The number of imidazole rings is 1. The molecular formula is C18H14BrN3O. The third-order valence-electron chi connectivity index (χ3n) is 4.07. The number of benzene rings is 2. The summed E-state index contributed by atoms with van der Waals surface area (Å²) in [5.74, 6) is 0.591. The van der Waals surface area contributed by atoms with Crippen LogP contribution in [0.5, 0.6) is 0 Å². The fourth-order valence-corrected chi connectivity index (χ4v) is 3.13. The lowest BCUT2D eigenvalue weighted by Crippen LogP contribution is -2.21. The largest absolute Gasteiger partial charge is 0.329 e. The third kappa shape index (κ3) is 2.37. The number of nitrogens with one attached hydrogen (secondary N) is 1. The summed E-state index contributed by atoms with van der Waals surface area (Å²) in [6.45, 7) is 1.93. The first-order valence-electron chi connectivity index (χ1n) is 7.37. The molecule has 0 aliphatic rings. The fraction of sp³-hybridized carbons (Fsp3) is 0.111. The Hall–Kier alpha value is -2.40. The number of nitrogens with zero attached hydrogens (tertiary/aromatic N) is 2. The molecule has 2 heterocycles. The van der Waals surface area contributed by atoms with Gasteiger partial charge in [0.05, 0.1) is 11.0 Å². The summed E-state index contributed by atoms with van der Waals surface area (Å²) in [6.07, 6.45) is 0.594. The van der Waals surface area contributed by atoms with Crippen LogP contribution in [0.2, 0.25) is 0 Å². The first-order chi connectivity index (χ1) is 11.1. The molecule has 0 saturated carbocycles. The van der Waals surface area contributed by atoms with Crippen LogP contribution in [0.4, 0.5) is 0 Å². The Morgan fingerprint density at radius 1 is 1.13 bits per heavy atom. The lowest BCUT2D eigenvalue weighted by molar-refractivity contribution is 0.968. The Balaban J connectivity index is 1.94. The molecule has 0 radical (unpaired) electrons. The SMILES string of the molecule is Cc1[nH]c2nc3ccccc3n2c(=O)c1Cc1ccc(Br)cc1. The van der Waals surface area contributed by atoms with Crippen molar-refractivity contribution in [3.8, 4) is 0 Å². The second kappa shape index (κ2) is 5.35. The topological polar surface area (TPSA) is 50.2 Å². The van der Waals surface area contributed by atoms with Crippen LogP contribution in [0.3, 0.4) is 0 Å². The van der Waals surface area contributed by atoms with Crippen molar-refractivity contribution in [2.45, 2.75) is 13.3 Å². The molecule has 0 saturated heterocycles. The van der Waals surface area contributed by atoms with Crippen LogP contribution in [0.15, 0.2) is 57.8 Å². The van der Waals surface area contributed by atoms with E-state index in [0.717, 1.165) is 32.3 Å². The zero-order chi connectivity index (χ0) is 16.0. The van der Waals surface area contributed by atoms with Gasteiger partial charge in [-0.15, -0.1) is 0 Å². The molecule has 0 aliphatic carbocycles. The summed E-state index contributed by atoms with van der Waals surface area (Å²) < 4.78 is 2.69. The average molecular weight is 368 g/mol. The minimum absolute atomic E-state index is 0.00660. The zero-order valence-corrected chi connectivity index (χ0v) is 14.1. The van der Waals surface area contributed by atoms with Crippen molar-refractivity contribution < 1.29 is 0 Å². The molecule has 0 atom stereocenters. The maximum absolute atomic E-state index is 13.0. The molecule has 0 fully saturated rings. The van der Waals surface area contributed by atoms with E-state index >= 15 is 0 Å². The second-order valence-electron chi connectivity index (χ2n) is 5.60. The highest BCUT2D eigenvalue weighted by molar-refractivity contribution is 9.10. The predicted octanol–water partition coefficient (Wildman–Crippen LogP) is 3.84. The normalized spacial score (nSPS) is 11.4. The summed E-state index contributed by atoms with van der Waals surface area (Å²) in [7, 11) is 0. The van der Waals surface area contributed by atoms with Crippen molar-refractivity contribution in [1.29, 1.82) is 0 Å². The van der Waals surface area contributed by atoms with Crippen LogP contribution >= 0.6 is 15.9 Å². The number of aryl methyl sites for hydroxylation is 1. The Kier molecular flexibility index (Phi) is 3.31. The van der Waals surface area contributed by atoms with Crippen LogP contribution in [-0.4, -0.2) is 14.4 Å². The van der Waals surface area contributed by atoms with Gasteiger partial charge >= 0.3 is 0 Å². The van der Waals surface area contributed by atoms with Crippen molar-refractivity contribution in [3.05, 3.63) is 80.2 Å². The van der Waals surface area contributed by atoms with E-state index in [9.17, 15) is 4.79 Å². The van der Waals surface area contributed by atoms with Gasteiger partial charge < -0.3 is 4.98 Å². The maximum atomic E-state index is 13.0. The molecule has 0 spiro atoms. The standard InChI is InChI=1S/C18H14BrN3O/c1-11-14(10-12-6-8-13(19)9-7-12)17(23)22-16-5-3-2-4-15(16)21-18(22)20-11/h2-9H,10H2,1H3,(H,20,21). The van der Waals surface area contributed by atoms with Gasteiger partial charge in [0.25, 0.3) is 5.56 Å². The van der Waals surface area contributed by atoms with Crippen LogP contribution in [-0.2, 0) is 6.42 Å². The van der Waals surface area contributed by atoms with E-state index in [-0.39, 0.29) is 5.56 Å². The first kappa shape index (κ1) is 14.2. The molecule has 4 aromatic rings. The van der Waals surface area contributed by atoms with Gasteiger partial charge in [0.2, 0.25) is 5.78 Å². The number of hydrogen-bond acceptors (Lipinski definition) is 2. The molecule has 5 heteroatoms. The summed E-state index contributed by atoms with van der Waals surface area (Å²) in [5.41, 5.74) is 4.38. The van der Waals surface area contributed by atoms with Crippen molar-refractivity contribution >= 4 is 32.7 Å². The first-order valence-corrected chi connectivity index (χ1v) is 8.16. The van der Waals surface area contributed by atoms with Crippen molar-refractivity contribution in [3.63, 3.8) is 0 Å². The number of aromatic amines is 1. The number of halogens is 1. The number of rotatable bonds is 2. The molecular weight excluding hydrogens is 354 g/mol. The Morgan fingerprint density at radius 2 is 1.87 bits per heavy atom. The molecule has 2 aromatic heterocycles. The molecule has 114 valence electrons. The molecule has 0 unspecified atom stereocenters. The molecule has 4 rings (SSSR count). The Bertz CT molecular complexity index is 1080. The van der Waals surface area contributed by atoms with Crippen LogP contribution < -0.4 is 5.56 Å². The molecule has 4 nitrogen and oxygen atoms in total. The highest BCUT2D eigenvalue weighted by Crippen LogP contribution is 2.17. The molecule has 2 aromatic carbocycles. The monoisotopic (exact) mass is 367 g/mol.